The molecule has 0 aliphatic heterocycles. The van der Waals surface area contributed by atoms with Crippen LogP contribution in [0.4, 0.5) is 0 Å². The summed E-state index contributed by atoms with van der Waals surface area (Å²) in [5.41, 5.74) is 0.951. The van der Waals surface area contributed by atoms with Crippen LogP contribution in [0, 0.1) is 6.92 Å². The van der Waals surface area contributed by atoms with Crippen LogP contribution in [-0.4, -0.2) is 40.0 Å². The Kier molecular flexibility index (Phi) is 6.26. The number of sulfone groups is 1. The van der Waals surface area contributed by atoms with E-state index in [1.807, 2.05) is 6.92 Å². The summed E-state index contributed by atoms with van der Waals surface area (Å²) in [5, 5.41) is 0.441. The Labute approximate surface area is 154 Å². The minimum absolute atomic E-state index is 0.113. The number of hydrogen-bond acceptors (Lipinski definition) is 4. The summed E-state index contributed by atoms with van der Waals surface area (Å²) in [6.07, 6.45) is 0. The first-order chi connectivity index (χ1) is 11.7. The lowest BCUT2D eigenvalue weighted by molar-refractivity contribution is 0.444. The van der Waals surface area contributed by atoms with Crippen molar-refractivity contribution in [1.29, 1.82) is 0 Å². The molecule has 0 aromatic heterocycles. The third-order valence-corrected chi connectivity index (χ3v) is 7.74. The molecule has 0 saturated carbocycles. The fourth-order valence-corrected chi connectivity index (χ4v) is 5.23. The van der Waals surface area contributed by atoms with Gasteiger partial charge in [-0.2, -0.15) is 4.31 Å². The van der Waals surface area contributed by atoms with Gasteiger partial charge in [-0.3, -0.25) is 0 Å². The highest BCUT2D eigenvalue weighted by atomic mass is 35.5. The van der Waals surface area contributed by atoms with E-state index in [9.17, 15) is 16.8 Å². The molecule has 0 fully saturated rings. The van der Waals surface area contributed by atoms with Crippen LogP contribution in [0.1, 0.15) is 12.5 Å². The minimum atomic E-state index is -3.73. The first-order valence-electron chi connectivity index (χ1n) is 7.72. The molecule has 136 valence electrons. The van der Waals surface area contributed by atoms with E-state index in [1.54, 1.807) is 19.1 Å². The van der Waals surface area contributed by atoms with Crippen LogP contribution in [0.25, 0.3) is 0 Å². The van der Waals surface area contributed by atoms with Gasteiger partial charge in [-0.15, -0.1) is 0 Å². The van der Waals surface area contributed by atoms with Crippen LogP contribution in [0.3, 0.4) is 0 Å². The Balaban J connectivity index is 2.19. The maximum absolute atomic E-state index is 12.7. The second-order valence-corrected chi connectivity index (χ2v) is 10.1. The second-order valence-electron chi connectivity index (χ2n) is 5.58. The number of benzene rings is 2. The summed E-state index contributed by atoms with van der Waals surface area (Å²) < 4.78 is 51.4. The maximum atomic E-state index is 12.7. The average molecular weight is 402 g/mol. The zero-order valence-corrected chi connectivity index (χ0v) is 16.4. The molecule has 0 radical (unpaired) electrons. The summed E-state index contributed by atoms with van der Waals surface area (Å²) in [5.74, 6) is -0.298. The van der Waals surface area contributed by atoms with Crippen molar-refractivity contribution in [3.8, 4) is 0 Å². The molecule has 0 unspecified atom stereocenters. The Morgan fingerprint density at radius 1 is 0.880 bits per heavy atom. The lowest BCUT2D eigenvalue weighted by atomic mass is 10.2. The van der Waals surface area contributed by atoms with Gasteiger partial charge in [-0.1, -0.05) is 36.2 Å². The molecule has 25 heavy (non-hydrogen) atoms. The molecule has 0 amide bonds. The van der Waals surface area contributed by atoms with Gasteiger partial charge >= 0.3 is 0 Å². The molecule has 0 N–H and O–H groups in total. The third kappa shape index (κ3) is 4.82. The van der Waals surface area contributed by atoms with E-state index >= 15 is 0 Å². The number of nitrogens with zero attached hydrogens (tertiary/aromatic N) is 1. The number of aryl methyl sites for hydroxylation is 1. The summed E-state index contributed by atoms with van der Waals surface area (Å²) in [7, 11) is -7.33. The highest BCUT2D eigenvalue weighted by Gasteiger charge is 2.25. The van der Waals surface area contributed by atoms with Gasteiger partial charge in [0, 0.05) is 18.1 Å². The van der Waals surface area contributed by atoms with Gasteiger partial charge in [0.15, 0.2) is 9.84 Å². The van der Waals surface area contributed by atoms with Crippen LogP contribution in [0.15, 0.2) is 58.3 Å². The van der Waals surface area contributed by atoms with Crippen LogP contribution in [0.2, 0.25) is 5.02 Å². The molecule has 5 nitrogen and oxygen atoms in total. The average Bonchev–Trinajstić information content (AvgIpc) is 2.56. The fraction of sp³-hybridized carbons (Fsp3) is 0.294. The summed E-state index contributed by atoms with van der Waals surface area (Å²) >= 11 is 5.77. The van der Waals surface area contributed by atoms with Crippen LogP contribution < -0.4 is 0 Å². The van der Waals surface area contributed by atoms with Crippen LogP contribution in [-0.2, 0) is 19.9 Å². The van der Waals surface area contributed by atoms with Crippen molar-refractivity contribution in [3.05, 3.63) is 59.1 Å². The van der Waals surface area contributed by atoms with Gasteiger partial charge in [-0.05, 0) is 43.3 Å². The van der Waals surface area contributed by atoms with Crippen LogP contribution in [0.5, 0.6) is 0 Å². The smallest absolute Gasteiger partial charge is 0.224 e. The summed E-state index contributed by atoms with van der Waals surface area (Å²) in [6, 6.07) is 12.3. The normalized spacial score (nSPS) is 12.5. The molecule has 2 rings (SSSR count). The first-order valence-corrected chi connectivity index (χ1v) is 11.2. The Morgan fingerprint density at radius 2 is 1.40 bits per heavy atom. The molecule has 0 aliphatic rings. The van der Waals surface area contributed by atoms with E-state index in [0.29, 0.717) is 5.02 Å². The number of halogens is 1. The molecule has 2 aromatic rings. The van der Waals surface area contributed by atoms with Gasteiger partial charge in [0.1, 0.15) is 0 Å². The number of sulfonamides is 1. The Morgan fingerprint density at radius 3 is 1.92 bits per heavy atom. The van der Waals surface area contributed by atoms with Gasteiger partial charge in [0.05, 0.1) is 15.5 Å². The molecular weight excluding hydrogens is 382 g/mol. The largest absolute Gasteiger partial charge is 0.243 e. The quantitative estimate of drug-likeness (QED) is 0.714. The van der Waals surface area contributed by atoms with Gasteiger partial charge in [-0.25, -0.2) is 16.8 Å². The molecule has 0 aliphatic carbocycles. The molecule has 0 saturated heterocycles. The molecule has 2 aromatic carbocycles. The summed E-state index contributed by atoms with van der Waals surface area (Å²) in [6.45, 7) is 3.62. The highest BCUT2D eigenvalue weighted by Crippen LogP contribution is 2.19. The fourth-order valence-electron chi connectivity index (χ4n) is 2.29. The van der Waals surface area contributed by atoms with E-state index < -0.39 is 19.9 Å². The predicted molar refractivity (Wildman–Crippen MR) is 99.1 cm³/mol. The number of rotatable bonds is 7. The second kappa shape index (κ2) is 7.86. The van der Waals surface area contributed by atoms with Crippen molar-refractivity contribution in [2.45, 2.75) is 23.6 Å². The third-order valence-electron chi connectivity index (χ3n) is 3.79. The van der Waals surface area contributed by atoms with Crippen molar-refractivity contribution in [2.24, 2.45) is 0 Å². The van der Waals surface area contributed by atoms with E-state index in [-0.39, 0.29) is 28.6 Å². The zero-order valence-electron chi connectivity index (χ0n) is 14.0. The van der Waals surface area contributed by atoms with Gasteiger partial charge in [0.2, 0.25) is 10.0 Å². The molecule has 0 heterocycles. The zero-order chi connectivity index (χ0) is 18.7. The molecule has 0 bridgehead atoms. The number of hydrogen-bond donors (Lipinski definition) is 0. The standard InChI is InChI=1S/C17H20ClNO4S2/c1-3-19(25(22,23)17-8-4-14(2)5-9-17)12-13-24(20,21)16-10-6-15(18)7-11-16/h4-11H,3,12-13H2,1-2H3. The Bertz CT molecular complexity index is 922. The van der Waals surface area contributed by atoms with E-state index in [2.05, 4.69) is 0 Å². The van der Waals surface area contributed by atoms with Crippen molar-refractivity contribution in [3.63, 3.8) is 0 Å². The van der Waals surface area contributed by atoms with Crippen molar-refractivity contribution in [1.82, 2.24) is 4.31 Å². The first kappa shape index (κ1) is 19.9. The molecular formula is C17H20ClNO4S2. The lowest BCUT2D eigenvalue weighted by Crippen LogP contribution is -2.35. The van der Waals surface area contributed by atoms with E-state index in [0.717, 1.165) is 5.56 Å². The molecule has 0 spiro atoms. The van der Waals surface area contributed by atoms with E-state index in [4.69, 9.17) is 11.6 Å². The lowest BCUT2D eigenvalue weighted by Gasteiger charge is -2.20. The monoisotopic (exact) mass is 401 g/mol. The van der Waals surface area contributed by atoms with Crippen molar-refractivity contribution < 1.29 is 16.8 Å². The Hall–Kier alpha value is -1.41. The minimum Gasteiger partial charge on any atom is -0.224 e. The summed E-state index contributed by atoms with van der Waals surface area (Å²) in [4.78, 5) is 0.282. The molecule has 0 atom stereocenters. The van der Waals surface area contributed by atoms with Gasteiger partial charge in [0.25, 0.3) is 0 Å². The van der Waals surface area contributed by atoms with E-state index in [1.165, 1.54) is 40.7 Å². The van der Waals surface area contributed by atoms with Gasteiger partial charge < -0.3 is 0 Å². The SMILES string of the molecule is CCN(CCS(=O)(=O)c1ccc(Cl)cc1)S(=O)(=O)c1ccc(C)cc1. The maximum Gasteiger partial charge on any atom is 0.243 e. The van der Waals surface area contributed by atoms with Crippen LogP contribution >= 0.6 is 11.6 Å². The van der Waals surface area contributed by atoms with Crippen molar-refractivity contribution in [2.75, 3.05) is 18.8 Å². The highest BCUT2D eigenvalue weighted by molar-refractivity contribution is 7.91. The predicted octanol–water partition coefficient (Wildman–Crippen LogP) is 3.13. The topological polar surface area (TPSA) is 71.5 Å². The van der Waals surface area contributed by atoms with Crippen molar-refractivity contribution >= 4 is 31.5 Å². The molecule has 8 heteroatoms.